The van der Waals surface area contributed by atoms with Gasteiger partial charge in [-0.15, -0.1) is 0 Å². The summed E-state index contributed by atoms with van der Waals surface area (Å²) in [7, 11) is 0. The van der Waals surface area contributed by atoms with Gasteiger partial charge in [-0.2, -0.15) is 0 Å². The molecule has 2 heteroatoms. The molecule has 0 bridgehead atoms. The first-order chi connectivity index (χ1) is 12.3. The van der Waals surface area contributed by atoms with Gasteiger partial charge in [0.05, 0.1) is 0 Å². The van der Waals surface area contributed by atoms with Crippen LogP contribution in [0.25, 0.3) is 0 Å². The van der Waals surface area contributed by atoms with Gasteiger partial charge in [0, 0.05) is 0 Å². The number of rotatable bonds is 17. The molecule has 141 valence electrons. The zero-order valence-corrected chi connectivity index (χ0v) is 17.7. The summed E-state index contributed by atoms with van der Waals surface area (Å²) in [4.78, 5) is 10.8. The molecule has 1 aromatic rings. The van der Waals surface area contributed by atoms with Crippen molar-refractivity contribution in [1.29, 1.82) is 0 Å². The molecule has 0 saturated carbocycles. The van der Waals surface area contributed by atoms with Crippen LogP contribution >= 0.6 is 0 Å². The Hall–Kier alpha value is -0.591. The molecule has 0 N–H and O–H groups in total. The SMILES string of the molecule is O=C([Se])CCCCCCCCCCCCCCCCc1ccccc1. The molecule has 0 spiro atoms. The molecule has 0 fully saturated rings. The number of hydrogen-bond acceptors (Lipinski definition) is 1. The van der Waals surface area contributed by atoms with Gasteiger partial charge in [0.15, 0.2) is 0 Å². The number of unbranched alkanes of at least 4 members (excludes halogenated alkanes) is 13. The van der Waals surface area contributed by atoms with E-state index in [9.17, 15) is 4.79 Å². The van der Waals surface area contributed by atoms with Crippen LogP contribution in [0.4, 0.5) is 0 Å². The number of benzene rings is 1. The number of carbonyl (C=O) groups is 1. The number of hydrogen-bond donors (Lipinski definition) is 0. The average Bonchev–Trinajstić information content (AvgIpc) is 2.62. The Kier molecular flexibility index (Phi) is 15.1. The topological polar surface area (TPSA) is 17.1 Å². The Labute approximate surface area is 164 Å². The standard InChI is InChI=1S/C23H37OSe/c24-23(25)21-17-12-10-8-6-4-2-1-3-5-7-9-11-14-18-22-19-15-13-16-20-22/h13,15-16,19-20H,1-12,14,17-18,21H2. The van der Waals surface area contributed by atoms with Crippen LogP contribution in [0.2, 0.25) is 0 Å². The molecule has 0 amide bonds. The van der Waals surface area contributed by atoms with Gasteiger partial charge in [0.25, 0.3) is 0 Å². The van der Waals surface area contributed by atoms with Crippen molar-refractivity contribution >= 4 is 20.7 Å². The van der Waals surface area contributed by atoms with Crippen LogP contribution in [0.15, 0.2) is 30.3 Å². The van der Waals surface area contributed by atoms with Gasteiger partial charge in [-0.05, 0) is 18.4 Å². The summed E-state index contributed by atoms with van der Waals surface area (Å²) in [5, 5.41) is 0. The van der Waals surface area contributed by atoms with Crippen LogP contribution < -0.4 is 0 Å². The molecule has 0 aliphatic heterocycles. The minimum absolute atomic E-state index is 0.219. The summed E-state index contributed by atoms with van der Waals surface area (Å²) in [5.74, 6) is 0. The zero-order valence-electron chi connectivity index (χ0n) is 16.0. The van der Waals surface area contributed by atoms with Gasteiger partial charge in [-0.25, -0.2) is 0 Å². The Morgan fingerprint density at radius 3 is 1.44 bits per heavy atom. The maximum atomic E-state index is 10.8. The van der Waals surface area contributed by atoms with E-state index in [0.29, 0.717) is 0 Å². The molecular formula is C23H37OSe. The van der Waals surface area contributed by atoms with E-state index >= 15 is 0 Å². The second kappa shape index (κ2) is 16.9. The van der Waals surface area contributed by atoms with Gasteiger partial charge < -0.3 is 0 Å². The summed E-state index contributed by atoms with van der Waals surface area (Å²) >= 11 is 2.56. The van der Waals surface area contributed by atoms with Crippen molar-refractivity contribution in [2.45, 2.75) is 103 Å². The molecule has 25 heavy (non-hydrogen) atoms. The maximum absolute atomic E-state index is 10.8. The van der Waals surface area contributed by atoms with E-state index in [-0.39, 0.29) is 4.68 Å². The van der Waals surface area contributed by atoms with Crippen molar-refractivity contribution in [3.05, 3.63) is 35.9 Å². The first kappa shape index (κ1) is 22.5. The van der Waals surface area contributed by atoms with E-state index in [2.05, 4.69) is 46.3 Å². The van der Waals surface area contributed by atoms with Gasteiger partial charge in [-0.1, -0.05) is 49.6 Å². The molecule has 1 rings (SSSR count). The van der Waals surface area contributed by atoms with E-state index in [4.69, 9.17) is 0 Å². The number of aryl methyl sites for hydroxylation is 1. The first-order valence-electron chi connectivity index (χ1n) is 10.5. The van der Waals surface area contributed by atoms with Crippen LogP contribution in [0.3, 0.4) is 0 Å². The molecule has 1 aromatic carbocycles. The Balaban J connectivity index is 1.71. The van der Waals surface area contributed by atoms with E-state index in [1.54, 1.807) is 0 Å². The summed E-state index contributed by atoms with van der Waals surface area (Å²) in [6.45, 7) is 0. The zero-order chi connectivity index (χ0) is 18.0. The second-order valence-electron chi connectivity index (χ2n) is 7.31. The normalized spacial score (nSPS) is 10.9. The fraction of sp³-hybridized carbons (Fsp3) is 0.696. The molecule has 0 saturated heterocycles. The van der Waals surface area contributed by atoms with Crippen LogP contribution in [0.1, 0.15) is 102 Å². The van der Waals surface area contributed by atoms with Crippen molar-refractivity contribution in [2.24, 2.45) is 0 Å². The van der Waals surface area contributed by atoms with Crippen molar-refractivity contribution in [3.8, 4) is 0 Å². The van der Waals surface area contributed by atoms with Crippen molar-refractivity contribution in [3.63, 3.8) is 0 Å². The Bertz CT molecular complexity index is 415. The molecule has 0 aromatic heterocycles. The molecule has 0 aliphatic carbocycles. The van der Waals surface area contributed by atoms with Crippen LogP contribution in [0, 0.1) is 0 Å². The smallest absolute Gasteiger partial charge is 0.0622 e. The van der Waals surface area contributed by atoms with E-state index in [1.807, 2.05) is 0 Å². The van der Waals surface area contributed by atoms with Crippen LogP contribution in [0.5, 0.6) is 0 Å². The Morgan fingerprint density at radius 2 is 1.00 bits per heavy atom. The van der Waals surface area contributed by atoms with E-state index < -0.39 is 0 Å². The summed E-state index contributed by atoms with van der Waals surface area (Å²) in [5.41, 5.74) is 1.49. The third-order valence-electron chi connectivity index (χ3n) is 4.94. The summed E-state index contributed by atoms with van der Waals surface area (Å²) in [6.07, 6.45) is 20.9. The Morgan fingerprint density at radius 1 is 0.600 bits per heavy atom. The molecule has 0 heterocycles. The van der Waals surface area contributed by atoms with Crippen LogP contribution in [-0.4, -0.2) is 20.7 Å². The van der Waals surface area contributed by atoms with Crippen molar-refractivity contribution in [1.82, 2.24) is 0 Å². The van der Waals surface area contributed by atoms with Gasteiger partial charge in [-0.3, -0.25) is 0 Å². The third-order valence-corrected chi connectivity index (χ3v) is 5.37. The minimum Gasteiger partial charge on any atom is -0.0622 e. The van der Waals surface area contributed by atoms with Gasteiger partial charge >= 0.3 is 96.1 Å². The average molecular weight is 409 g/mol. The van der Waals surface area contributed by atoms with Crippen molar-refractivity contribution in [2.75, 3.05) is 0 Å². The molecule has 1 nitrogen and oxygen atoms in total. The predicted octanol–water partition coefficient (Wildman–Crippen LogP) is 6.78. The summed E-state index contributed by atoms with van der Waals surface area (Å²) < 4.78 is 0.219. The van der Waals surface area contributed by atoms with E-state index in [0.717, 1.165) is 12.8 Å². The summed E-state index contributed by atoms with van der Waals surface area (Å²) in [6, 6.07) is 10.9. The van der Waals surface area contributed by atoms with Crippen molar-refractivity contribution < 1.29 is 4.79 Å². The molecule has 0 atom stereocenters. The fourth-order valence-electron chi connectivity index (χ4n) is 3.36. The monoisotopic (exact) mass is 409 g/mol. The fourth-order valence-corrected chi connectivity index (χ4v) is 3.67. The quantitative estimate of drug-likeness (QED) is 0.205. The molecule has 0 aliphatic rings. The molecule has 1 radical (unpaired) electrons. The second-order valence-corrected chi connectivity index (χ2v) is 8.26. The minimum atomic E-state index is 0.219. The predicted molar refractivity (Wildman–Crippen MR) is 110 cm³/mol. The number of carbonyl (C=O) groups excluding carboxylic acids is 1. The molecular weight excluding hydrogens is 371 g/mol. The third kappa shape index (κ3) is 15.4. The van der Waals surface area contributed by atoms with Gasteiger partial charge in [0.2, 0.25) is 0 Å². The van der Waals surface area contributed by atoms with Gasteiger partial charge in [0.1, 0.15) is 0 Å². The first-order valence-corrected chi connectivity index (χ1v) is 11.4. The molecule has 0 unspecified atom stereocenters. The van der Waals surface area contributed by atoms with Crippen LogP contribution in [-0.2, 0) is 11.2 Å². The van der Waals surface area contributed by atoms with E-state index in [1.165, 1.54) is 95.5 Å².